The van der Waals surface area contributed by atoms with Crippen molar-refractivity contribution in [2.75, 3.05) is 25.5 Å². The Bertz CT molecular complexity index is 2290. The Morgan fingerprint density at radius 1 is 0.982 bits per heavy atom. The van der Waals surface area contributed by atoms with E-state index in [2.05, 4.69) is 15.4 Å². The molecule has 1 aliphatic carbocycles. The molecule has 1 saturated heterocycles. The summed E-state index contributed by atoms with van der Waals surface area (Å²) >= 11 is 0. The molecule has 0 bridgehead atoms. The first-order valence-electron chi connectivity index (χ1n) is 19.4. The molecule has 4 aromatic rings. The van der Waals surface area contributed by atoms with E-state index in [0.717, 1.165) is 31.2 Å². The third-order valence-corrected chi connectivity index (χ3v) is 11.8. The first-order chi connectivity index (χ1) is 27.3. The van der Waals surface area contributed by atoms with E-state index in [1.54, 1.807) is 46.1 Å². The Hall–Kier alpha value is -5.63. The first kappa shape index (κ1) is 39.6. The molecule has 3 heterocycles. The van der Waals surface area contributed by atoms with Crippen LogP contribution in [0.2, 0.25) is 0 Å². The van der Waals surface area contributed by atoms with E-state index in [1.165, 1.54) is 11.0 Å². The molecule has 13 nitrogen and oxygen atoms in total. The van der Waals surface area contributed by atoms with Gasteiger partial charge < -0.3 is 24.8 Å². The number of nitrogens with one attached hydrogen (secondary N) is 3. The van der Waals surface area contributed by atoms with Crippen LogP contribution in [0.5, 0.6) is 11.5 Å². The fourth-order valence-electron chi connectivity index (χ4n) is 7.44. The molecule has 1 saturated carbocycles. The number of aromatic nitrogens is 1. The molecule has 1 aromatic heterocycles. The van der Waals surface area contributed by atoms with Gasteiger partial charge in [0, 0.05) is 42.0 Å². The number of pyridine rings is 1. The number of anilines is 1. The van der Waals surface area contributed by atoms with Gasteiger partial charge in [0.15, 0.2) is 0 Å². The molecule has 14 heteroatoms. The van der Waals surface area contributed by atoms with Crippen molar-refractivity contribution in [2.45, 2.75) is 87.5 Å². The quantitative estimate of drug-likeness (QED) is 0.181. The van der Waals surface area contributed by atoms with Crippen LogP contribution in [0.3, 0.4) is 0 Å². The van der Waals surface area contributed by atoms with Crippen LogP contribution in [-0.2, 0) is 24.3 Å². The molecule has 3 aromatic carbocycles. The second-order valence-corrected chi connectivity index (χ2v) is 17.4. The van der Waals surface area contributed by atoms with Crippen molar-refractivity contribution in [1.82, 2.24) is 19.9 Å². The Morgan fingerprint density at radius 2 is 1.75 bits per heavy atom. The fourth-order valence-corrected chi connectivity index (χ4v) is 8.66. The summed E-state index contributed by atoms with van der Waals surface area (Å²) in [5, 5.41) is 6.81. The van der Waals surface area contributed by atoms with Crippen molar-refractivity contribution in [1.29, 1.82) is 0 Å². The lowest BCUT2D eigenvalue weighted by Crippen LogP contribution is -2.56. The molecule has 7 rings (SSSR count). The molecule has 3 N–H and O–H groups in total. The van der Waals surface area contributed by atoms with Gasteiger partial charge in [0.05, 0.1) is 30.6 Å². The van der Waals surface area contributed by atoms with E-state index in [0.29, 0.717) is 40.3 Å². The van der Waals surface area contributed by atoms with Crippen LogP contribution in [-0.4, -0.2) is 79.7 Å². The van der Waals surface area contributed by atoms with Crippen molar-refractivity contribution in [3.63, 3.8) is 0 Å². The van der Waals surface area contributed by atoms with E-state index in [-0.39, 0.29) is 24.3 Å². The predicted molar refractivity (Wildman–Crippen MR) is 216 cm³/mol. The number of likely N-dealkylation sites (tertiary alicyclic amines) is 1. The van der Waals surface area contributed by atoms with Gasteiger partial charge in [-0.15, -0.1) is 0 Å². The van der Waals surface area contributed by atoms with Crippen LogP contribution in [0.4, 0.5) is 10.5 Å². The van der Waals surface area contributed by atoms with Crippen LogP contribution in [0.25, 0.3) is 22.2 Å². The molecular formula is C43H49N5O8S. The highest BCUT2D eigenvalue weighted by molar-refractivity contribution is 7.90. The third-order valence-electron chi connectivity index (χ3n) is 10.4. The average molecular weight is 796 g/mol. The molecule has 2 fully saturated rings. The number of hydrogen-bond donors (Lipinski definition) is 3. The van der Waals surface area contributed by atoms with Crippen molar-refractivity contribution in [3.8, 4) is 22.8 Å². The van der Waals surface area contributed by atoms with Crippen LogP contribution in [0, 0.1) is 5.92 Å². The van der Waals surface area contributed by atoms with Crippen molar-refractivity contribution < 1.29 is 37.0 Å². The second-order valence-electron chi connectivity index (χ2n) is 15.8. The minimum Gasteiger partial charge on any atom is -0.497 e. The van der Waals surface area contributed by atoms with Gasteiger partial charge in [0.2, 0.25) is 5.91 Å². The molecule has 0 radical (unpaired) electrons. The first-order valence-corrected chi connectivity index (χ1v) is 20.8. The highest BCUT2D eigenvalue weighted by Crippen LogP contribution is 2.46. The standard InChI is InChI=1S/C43H49N5O8S/c1-42(2,3)56-41(51)48-27-31(55-37-25-34(28-15-9-8-10-16-28)45-35-23-30(54-4)20-21-32(35)37)24-36(48)39(49)46-43-26-29(43)17-11-6-5-7-14-22-44-33-18-12-13-19-38(33)57(52,53)47-40(43)50/h8-13,15-21,23,25,29,31,36,44H,5-7,14,22,24,26-27H2,1-4H3,(H,46,49)(H,47,50)/b17-11-/t29-,31-,36+,43-/m1/s1. The van der Waals surface area contributed by atoms with E-state index in [1.807, 2.05) is 66.7 Å². The lowest BCUT2D eigenvalue weighted by molar-refractivity contribution is -0.131. The van der Waals surface area contributed by atoms with Gasteiger partial charge in [-0.05, 0) is 70.7 Å². The number of carbonyl (C=O) groups excluding carboxylic acids is 3. The highest BCUT2D eigenvalue weighted by Gasteiger charge is 2.61. The zero-order valence-electron chi connectivity index (χ0n) is 32.6. The second kappa shape index (κ2) is 16.1. The number of amides is 3. The van der Waals surface area contributed by atoms with E-state index < -0.39 is 57.1 Å². The minimum absolute atomic E-state index is 0.00827. The number of carbonyl (C=O) groups is 3. The van der Waals surface area contributed by atoms with Gasteiger partial charge in [-0.3, -0.25) is 14.5 Å². The van der Waals surface area contributed by atoms with Gasteiger partial charge in [-0.2, -0.15) is 0 Å². The van der Waals surface area contributed by atoms with Gasteiger partial charge in [0.1, 0.15) is 39.7 Å². The number of fused-ring (bicyclic) bond motifs is 3. The molecule has 3 amide bonds. The number of para-hydroxylation sites is 1. The smallest absolute Gasteiger partial charge is 0.411 e. The maximum atomic E-state index is 14.5. The summed E-state index contributed by atoms with van der Waals surface area (Å²) < 4.78 is 47.6. The third kappa shape index (κ3) is 8.85. The summed E-state index contributed by atoms with van der Waals surface area (Å²) in [5.41, 5.74) is 0.134. The Morgan fingerprint density at radius 3 is 2.53 bits per heavy atom. The molecular weight excluding hydrogens is 747 g/mol. The SMILES string of the molecule is COc1ccc2c(O[C@@H]3C[C@@H](C(=O)N[C@]45C[C@H]4/C=C\CCCCCNc4ccccc4S(=O)(=O)NC5=O)N(C(=O)OC(C)(C)C)C3)cc(-c3ccccc3)nc2c1. The highest BCUT2D eigenvalue weighted by atomic mass is 32.2. The van der Waals surface area contributed by atoms with Crippen LogP contribution in [0.1, 0.15) is 59.3 Å². The van der Waals surface area contributed by atoms with Gasteiger partial charge >= 0.3 is 6.09 Å². The van der Waals surface area contributed by atoms with Gasteiger partial charge in [-0.1, -0.05) is 61.0 Å². The summed E-state index contributed by atoms with van der Waals surface area (Å²) in [6.07, 6.45) is 6.19. The molecule has 2 aliphatic heterocycles. The Balaban J connectivity index is 1.19. The minimum atomic E-state index is -4.34. The van der Waals surface area contributed by atoms with Crippen LogP contribution in [0.15, 0.2) is 95.9 Å². The topological polar surface area (TPSA) is 165 Å². The zero-order chi connectivity index (χ0) is 40.4. The molecule has 0 unspecified atom stereocenters. The number of sulfonamides is 1. The number of hydrogen-bond acceptors (Lipinski definition) is 10. The van der Waals surface area contributed by atoms with Gasteiger partial charge in [-0.25, -0.2) is 22.9 Å². The maximum absolute atomic E-state index is 14.5. The van der Waals surface area contributed by atoms with Gasteiger partial charge in [0.25, 0.3) is 15.9 Å². The van der Waals surface area contributed by atoms with E-state index >= 15 is 0 Å². The van der Waals surface area contributed by atoms with Crippen LogP contribution >= 0.6 is 0 Å². The largest absolute Gasteiger partial charge is 0.497 e. The average Bonchev–Trinajstić information content (AvgIpc) is 3.71. The number of methoxy groups -OCH3 is 1. The summed E-state index contributed by atoms with van der Waals surface area (Å²) in [7, 11) is -2.75. The number of rotatable bonds is 6. The normalized spacial score (nSPS) is 24.0. The van der Waals surface area contributed by atoms with Crippen molar-refractivity contribution in [3.05, 3.63) is 91.0 Å². The Kier molecular flexibility index (Phi) is 11.2. The zero-order valence-corrected chi connectivity index (χ0v) is 33.4. The molecule has 300 valence electrons. The number of benzene rings is 3. The predicted octanol–water partition coefficient (Wildman–Crippen LogP) is 6.59. The summed E-state index contributed by atoms with van der Waals surface area (Å²) in [4.78, 5) is 48.5. The van der Waals surface area contributed by atoms with Crippen molar-refractivity contribution >= 4 is 44.5 Å². The van der Waals surface area contributed by atoms with Crippen molar-refractivity contribution in [2.24, 2.45) is 5.92 Å². The molecule has 3 aliphatic rings. The van der Waals surface area contributed by atoms with E-state index in [9.17, 15) is 22.8 Å². The fraction of sp³-hybridized carbons (Fsp3) is 0.395. The summed E-state index contributed by atoms with van der Waals surface area (Å²) in [5.74, 6) is -0.806. The lowest BCUT2D eigenvalue weighted by Gasteiger charge is -2.29. The lowest BCUT2D eigenvalue weighted by atomic mass is 10.1. The number of allylic oxidation sites excluding steroid dienone is 1. The maximum Gasteiger partial charge on any atom is 0.411 e. The molecule has 4 atom stereocenters. The summed E-state index contributed by atoms with van der Waals surface area (Å²) in [6.45, 7) is 5.80. The molecule has 0 spiro atoms. The number of nitrogens with zero attached hydrogens (tertiary/aromatic N) is 2. The van der Waals surface area contributed by atoms with E-state index in [4.69, 9.17) is 19.2 Å². The number of ether oxygens (including phenoxy) is 3. The Labute approximate surface area is 333 Å². The molecule has 57 heavy (non-hydrogen) atoms. The summed E-state index contributed by atoms with van der Waals surface area (Å²) in [6, 6.07) is 22.3. The van der Waals surface area contributed by atoms with Crippen LogP contribution < -0.4 is 24.8 Å². The monoisotopic (exact) mass is 795 g/mol.